The van der Waals surface area contributed by atoms with Crippen molar-refractivity contribution in [1.82, 2.24) is 4.98 Å². The lowest BCUT2D eigenvalue weighted by Crippen LogP contribution is -2.07. The molecule has 0 aliphatic carbocycles. The molecule has 0 unspecified atom stereocenters. The van der Waals surface area contributed by atoms with E-state index in [0.717, 1.165) is 11.3 Å². The molecule has 0 bridgehead atoms. The van der Waals surface area contributed by atoms with E-state index in [1.165, 1.54) is 11.3 Å². The van der Waals surface area contributed by atoms with Crippen LogP contribution in [-0.2, 0) is 16.0 Å². The van der Waals surface area contributed by atoms with Crippen molar-refractivity contribution in [2.45, 2.75) is 13.3 Å². The molecule has 0 atom stereocenters. The number of aromatic nitrogens is 1. The molecule has 116 valence electrons. The molecule has 0 aliphatic heterocycles. The Bertz CT molecular complexity index is 655. The second-order valence-electron chi connectivity index (χ2n) is 4.27. The van der Waals surface area contributed by atoms with Crippen LogP contribution < -0.4 is 10.2 Å². The lowest BCUT2D eigenvalue weighted by Gasteiger charge is -1.99. The topological polar surface area (TPSA) is 72.8 Å². The zero-order valence-corrected chi connectivity index (χ0v) is 13.2. The summed E-state index contributed by atoms with van der Waals surface area (Å²) >= 11 is 1.38. The number of nitrogens with zero attached hydrogens (tertiary/aromatic N) is 2. The fraction of sp³-hybridized carbons (Fsp3) is 0.267. The molecule has 1 aromatic heterocycles. The lowest BCUT2D eigenvalue weighted by molar-refractivity contribution is -0.142. The van der Waals surface area contributed by atoms with Gasteiger partial charge in [-0.2, -0.15) is 5.10 Å². The van der Waals surface area contributed by atoms with E-state index in [4.69, 9.17) is 9.47 Å². The molecule has 1 heterocycles. The van der Waals surface area contributed by atoms with Crippen molar-refractivity contribution in [3.63, 3.8) is 0 Å². The second kappa shape index (κ2) is 8.14. The molecule has 7 heteroatoms. The fourth-order valence-corrected chi connectivity index (χ4v) is 2.34. The highest BCUT2D eigenvalue weighted by Gasteiger charge is 2.07. The van der Waals surface area contributed by atoms with Gasteiger partial charge in [-0.1, -0.05) is 12.1 Å². The Morgan fingerprint density at radius 3 is 3.14 bits per heavy atom. The van der Waals surface area contributed by atoms with Gasteiger partial charge in [-0.15, -0.1) is 11.3 Å². The molecule has 6 nitrogen and oxygen atoms in total. The molecule has 2 aromatic rings. The SMILES string of the molecule is CCOC(=O)Cc1csc(NN=Cc2cccc(OC)c2)n1. The highest BCUT2D eigenvalue weighted by molar-refractivity contribution is 7.13. The van der Waals surface area contributed by atoms with Crippen molar-refractivity contribution in [2.75, 3.05) is 19.1 Å². The smallest absolute Gasteiger partial charge is 0.311 e. The minimum Gasteiger partial charge on any atom is -0.497 e. The summed E-state index contributed by atoms with van der Waals surface area (Å²) < 4.78 is 10.0. The van der Waals surface area contributed by atoms with Gasteiger partial charge in [0, 0.05) is 5.38 Å². The zero-order valence-electron chi connectivity index (χ0n) is 12.4. The monoisotopic (exact) mass is 319 g/mol. The Morgan fingerprint density at radius 2 is 2.36 bits per heavy atom. The number of hydrogen-bond acceptors (Lipinski definition) is 7. The maximum absolute atomic E-state index is 11.4. The molecule has 1 aromatic carbocycles. The van der Waals surface area contributed by atoms with E-state index in [-0.39, 0.29) is 12.4 Å². The first kappa shape index (κ1) is 16.0. The van der Waals surface area contributed by atoms with Crippen LogP contribution in [-0.4, -0.2) is 30.9 Å². The number of carbonyl (C=O) groups is 1. The van der Waals surface area contributed by atoms with E-state index in [9.17, 15) is 4.79 Å². The van der Waals surface area contributed by atoms with Crippen LogP contribution >= 0.6 is 11.3 Å². The summed E-state index contributed by atoms with van der Waals surface area (Å²) in [6, 6.07) is 7.55. The van der Waals surface area contributed by atoms with E-state index >= 15 is 0 Å². The van der Waals surface area contributed by atoms with Crippen LogP contribution in [0, 0.1) is 0 Å². The van der Waals surface area contributed by atoms with Crippen LogP contribution in [0.25, 0.3) is 0 Å². The van der Waals surface area contributed by atoms with Gasteiger partial charge in [-0.3, -0.25) is 10.2 Å². The summed E-state index contributed by atoms with van der Waals surface area (Å²) in [5.74, 6) is 0.495. The third kappa shape index (κ3) is 4.85. The molecule has 0 aliphatic rings. The van der Waals surface area contributed by atoms with Crippen LogP contribution in [0.4, 0.5) is 5.13 Å². The molecule has 0 radical (unpaired) electrons. The van der Waals surface area contributed by atoms with Crippen molar-refractivity contribution in [1.29, 1.82) is 0 Å². The standard InChI is InChI=1S/C15H17N3O3S/c1-3-21-14(19)8-12-10-22-15(17-12)18-16-9-11-5-4-6-13(7-11)20-2/h4-7,9-10H,3,8H2,1-2H3,(H,17,18). The van der Waals surface area contributed by atoms with E-state index < -0.39 is 0 Å². The molecule has 22 heavy (non-hydrogen) atoms. The van der Waals surface area contributed by atoms with E-state index in [0.29, 0.717) is 17.4 Å². The number of methoxy groups -OCH3 is 1. The van der Waals surface area contributed by atoms with Gasteiger partial charge in [0.25, 0.3) is 0 Å². The van der Waals surface area contributed by atoms with Crippen LogP contribution in [0.15, 0.2) is 34.7 Å². The number of hydrazone groups is 1. The number of benzene rings is 1. The Balaban J connectivity index is 1.90. The van der Waals surface area contributed by atoms with Crippen LogP contribution in [0.5, 0.6) is 5.75 Å². The van der Waals surface area contributed by atoms with Gasteiger partial charge in [0.2, 0.25) is 5.13 Å². The average Bonchev–Trinajstić information content (AvgIpc) is 2.95. The summed E-state index contributed by atoms with van der Waals surface area (Å²) in [5.41, 5.74) is 4.42. The van der Waals surface area contributed by atoms with Gasteiger partial charge in [-0.05, 0) is 24.6 Å². The molecule has 0 saturated heterocycles. The number of rotatable bonds is 7. The number of hydrogen-bond donors (Lipinski definition) is 1. The molecular weight excluding hydrogens is 302 g/mol. The number of ether oxygens (including phenoxy) is 2. The first-order valence-corrected chi connectivity index (χ1v) is 7.62. The Kier molecular flexibility index (Phi) is 5.91. The largest absolute Gasteiger partial charge is 0.497 e. The number of nitrogens with one attached hydrogen (secondary N) is 1. The van der Waals surface area contributed by atoms with E-state index in [1.54, 1.807) is 25.6 Å². The van der Waals surface area contributed by atoms with Crippen molar-refractivity contribution in [2.24, 2.45) is 5.10 Å². The number of anilines is 1. The molecular formula is C15H17N3O3S. The average molecular weight is 319 g/mol. The van der Waals surface area contributed by atoms with Gasteiger partial charge in [0.05, 0.1) is 32.0 Å². The Labute approximate surface area is 132 Å². The summed E-state index contributed by atoms with van der Waals surface area (Å²) in [7, 11) is 1.62. The normalized spacial score (nSPS) is 10.6. The molecule has 2 rings (SSSR count). The number of carbonyl (C=O) groups excluding carboxylic acids is 1. The summed E-state index contributed by atoms with van der Waals surface area (Å²) in [6.07, 6.45) is 1.85. The van der Waals surface area contributed by atoms with Gasteiger partial charge >= 0.3 is 5.97 Å². The van der Waals surface area contributed by atoms with Crippen molar-refractivity contribution in [3.05, 3.63) is 40.9 Å². The molecule has 0 saturated carbocycles. The summed E-state index contributed by atoms with van der Waals surface area (Å²) in [6.45, 7) is 2.15. The first-order valence-electron chi connectivity index (χ1n) is 6.74. The van der Waals surface area contributed by atoms with Gasteiger partial charge in [0.15, 0.2) is 0 Å². The Hall–Kier alpha value is -2.41. The van der Waals surface area contributed by atoms with Crippen molar-refractivity contribution >= 4 is 28.7 Å². The highest BCUT2D eigenvalue weighted by Crippen LogP contribution is 2.16. The minimum absolute atomic E-state index is 0.172. The minimum atomic E-state index is -0.278. The first-order chi connectivity index (χ1) is 10.7. The van der Waals surface area contributed by atoms with Crippen molar-refractivity contribution < 1.29 is 14.3 Å². The second-order valence-corrected chi connectivity index (χ2v) is 5.13. The summed E-state index contributed by atoms with van der Waals surface area (Å²) in [4.78, 5) is 15.6. The van der Waals surface area contributed by atoms with Gasteiger partial charge in [0.1, 0.15) is 5.75 Å². The van der Waals surface area contributed by atoms with Crippen LogP contribution in [0.3, 0.4) is 0 Å². The molecule has 1 N–H and O–H groups in total. The fourth-order valence-electron chi connectivity index (χ4n) is 1.68. The van der Waals surface area contributed by atoms with Crippen molar-refractivity contribution in [3.8, 4) is 5.75 Å². The molecule has 0 amide bonds. The number of thiazole rings is 1. The molecule has 0 spiro atoms. The van der Waals surface area contributed by atoms with Gasteiger partial charge in [-0.25, -0.2) is 4.98 Å². The number of esters is 1. The predicted octanol–water partition coefficient (Wildman–Crippen LogP) is 2.70. The quantitative estimate of drug-likeness (QED) is 0.482. The van der Waals surface area contributed by atoms with E-state index in [1.807, 2.05) is 24.3 Å². The third-order valence-electron chi connectivity index (χ3n) is 2.65. The molecule has 0 fully saturated rings. The van der Waals surface area contributed by atoms with Crippen LogP contribution in [0.2, 0.25) is 0 Å². The highest BCUT2D eigenvalue weighted by atomic mass is 32.1. The maximum Gasteiger partial charge on any atom is 0.311 e. The van der Waals surface area contributed by atoms with Gasteiger partial charge < -0.3 is 9.47 Å². The predicted molar refractivity (Wildman–Crippen MR) is 86.7 cm³/mol. The Morgan fingerprint density at radius 1 is 1.50 bits per heavy atom. The summed E-state index contributed by atoms with van der Waals surface area (Å²) in [5, 5.41) is 6.55. The van der Waals surface area contributed by atoms with E-state index in [2.05, 4.69) is 15.5 Å². The zero-order chi connectivity index (χ0) is 15.8. The third-order valence-corrected chi connectivity index (χ3v) is 3.45. The lowest BCUT2D eigenvalue weighted by atomic mass is 10.2. The maximum atomic E-state index is 11.4. The van der Waals surface area contributed by atoms with Crippen LogP contribution in [0.1, 0.15) is 18.2 Å².